The van der Waals surface area contributed by atoms with Crippen LogP contribution in [0.15, 0.2) is 109 Å². The van der Waals surface area contributed by atoms with Gasteiger partial charge in [-0.3, -0.25) is 9.78 Å². The van der Waals surface area contributed by atoms with E-state index in [-0.39, 0.29) is 5.91 Å². The highest BCUT2D eigenvalue weighted by atomic mass is 16.2. The van der Waals surface area contributed by atoms with Gasteiger partial charge < -0.3 is 4.90 Å². The zero-order valence-corrected chi connectivity index (χ0v) is 20.1. The van der Waals surface area contributed by atoms with Gasteiger partial charge in [0, 0.05) is 37.8 Å². The third-order valence-corrected chi connectivity index (χ3v) is 6.04. The number of benzene rings is 3. The number of amides is 1. The topological polar surface area (TPSA) is 33.2 Å². The maximum Gasteiger partial charge on any atom is 0.222 e. The van der Waals surface area contributed by atoms with Crippen molar-refractivity contribution >= 4 is 18.1 Å². The summed E-state index contributed by atoms with van der Waals surface area (Å²) >= 11 is 0. The van der Waals surface area contributed by atoms with E-state index in [1.807, 2.05) is 53.6 Å². The summed E-state index contributed by atoms with van der Waals surface area (Å²) in [6, 6.07) is 35.1. The van der Waals surface area contributed by atoms with Crippen molar-refractivity contribution in [2.24, 2.45) is 0 Å². The van der Waals surface area contributed by atoms with Gasteiger partial charge in [0.25, 0.3) is 0 Å². The molecule has 0 bridgehead atoms. The van der Waals surface area contributed by atoms with Gasteiger partial charge in [-0.15, -0.1) is 0 Å². The molecule has 0 unspecified atom stereocenters. The van der Waals surface area contributed by atoms with Crippen LogP contribution < -0.4 is 0 Å². The molecular formula is C32H32N2O. The largest absolute Gasteiger partial charge is 0.338 e. The Morgan fingerprint density at radius 3 is 2.03 bits per heavy atom. The third kappa shape index (κ3) is 8.08. The molecule has 0 N–H and O–H groups in total. The number of carbonyl (C=O) groups is 1. The SMILES string of the molecule is O=C(CCCc1ccccc1)N(CCc1ccccn1)Cc1ccc(/C=C/c2ccccc2)cc1. The van der Waals surface area contributed by atoms with Gasteiger partial charge in [0.05, 0.1) is 0 Å². The van der Waals surface area contributed by atoms with E-state index in [9.17, 15) is 4.79 Å². The van der Waals surface area contributed by atoms with Crippen molar-refractivity contribution in [3.8, 4) is 0 Å². The van der Waals surface area contributed by atoms with E-state index in [4.69, 9.17) is 0 Å². The minimum absolute atomic E-state index is 0.199. The Morgan fingerprint density at radius 1 is 0.686 bits per heavy atom. The van der Waals surface area contributed by atoms with E-state index < -0.39 is 0 Å². The molecule has 0 fully saturated rings. The van der Waals surface area contributed by atoms with E-state index in [0.29, 0.717) is 19.5 Å². The Kier molecular flexibility index (Phi) is 9.00. The van der Waals surface area contributed by atoms with Crippen molar-refractivity contribution in [1.29, 1.82) is 0 Å². The Bertz CT molecular complexity index is 1190. The van der Waals surface area contributed by atoms with Gasteiger partial charge in [-0.25, -0.2) is 0 Å². The summed E-state index contributed by atoms with van der Waals surface area (Å²) in [6.07, 6.45) is 9.12. The molecule has 0 aliphatic heterocycles. The molecule has 0 saturated carbocycles. The van der Waals surface area contributed by atoms with Crippen molar-refractivity contribution in [1.82, 2.24) is 9.88 Å². The van der Waals surface area contributed by atoms with Crippen LogP contribution in [0.2, 0.25) is 0 Å². The molecule has 1 aromatic heterocycles. The molecule has 0 spiro atoms. The fourth-order valence-corrected chi connectivity index (χ4v) is 4.05. The lowest BCUT2D eigenvalue weighted by Crippen LogP contribution is -2.32. The van der Waals surface area contributed by atoms with Gasteiger partial charge in [-0.2, -0.15) is 0 Å². The van der Waals surface area contributed by atoms with E-state index in [1.54, 1.807) is 0 Å². The van der Waals surface area contributed by atoms with Crippen molar-refractivity contribution in [3.63, 3.8) is 0 Å². The van der Waals surface area contributed by atoms with Crippen LogP contribution in [0.25, 0.3) is 12.2 Å². The number of hydrogen-bond donors (Lipinski definition) is 0. The summed E-state index contributed by atoms with van der Waals surface area (Å²) in [6.45, 7) is 1.27. The van der Waals surface area contributed by atoms with Crippen LogP contribution in [-0.4, -0.2) is 22.3 Å². The predicted octanol–water partition coefficient (Wildman–Crippen LogP) is 6.85. The second-order valence-electron chi connectivity index (χ2n) is 8.71. The molecule has 3 nitrogen and oxygen atoms in total. The van der Waals surface area contributed by atoms with Gasteiger partial charge in [-0.1, -0.05) is 103 Å². The van der Waals surface area contributed by atoms with Crippen molar-refractivity contribution < 1.29 is 4.79 Å². The fraction of sp³-hybridized carbons (Fsp3) is 0.188. The summed E-state index contributed by atoms with van der Waals surface area (Å²) < 4.78 is 0. The number of hydrogen-bond acceptors (Lipinski definition) is 2. The average molecular weight is 461 g/mol. The number of rotatable bonds is 11. The zero-order chi connectivity index (χ0) is 24.1. The second kappa shape index (κ2) is 13.0. The van der Waals surface area contributed by atoms with Crippen molar-refractivity contribution in [2.75, 3.05) is 6.54 Å². The fourth-order valence-electron chi connectivity index (χ4n) is 4.05. The maximum absolute atomic E-state index is 13.2. The van der Waals surface area contributed by atoms with Crippen LogP contribution in [0.3, 0.4) is 0 Å². The first-order chi connectivity index (χ1) is 17.3. The lowest BCUT2D eigenvalue weighted by Gasteiger charge is -2.23. The summed E-state index contributed by atoms with van der Waals surface area (Å²) in [7, 11) is 0. The number of pyridine rings is 1. The average Bonchev–Trinajstić information content (AvgIpc) is 2.92. The van der Waals surface area contributed by atoms with E-state index in [2.05, 4.69) is 77.8 Å². The Balaban J connectivity index is 1.38. The Labute approximate surface area is 208 Å². The summed E-state index contributed by atoms with van der Waals surface area (Å²) in [5.41, 5.74) is 5.75. The highest BCUT2D eigenvalue weighted by Crippen LogP contribution is 2.14. The molecule has 1 heterocycles. The molecule has 0 atom stereocenters. The normalized spacial score (nSPS) is 11.0. The standard InChI is InChI=1S/C32H32N2O/c35-32(16-9-14-27-10-3-1-4-11-27)34(25-23-31-15-7-8-24-33-31)26-30-21-19-29(20-22-30)18-17-28-12-5-2-6-13-28/h1-8,10-13,15,17-22,24H,9,14,16,23,25-26H2/b18-17+. The van der Waals surface area contributed by atoms with Crippen LogP contribution >= 0.6 is 0 Å². The van der Waals surface area contributed by atoms with Gasteiger partial charge in [0.1, 0.15) is 0 Å². The zero-order valence-electron chi connectivity index (χ0n) is 20.1. The molecular weight excluding hydrogens is 428 g/mol. The Morgan fingerprint density at radius 2 is 1.34 bits per heavy atom. The number of nitrogens with zero attached hydrogens (tertiary/aromatic N) is 2. The van der Waals surface area contributed by atoms with Crippen LogP contribution in [0.1, 0.15) is 40.8 Å². The van der Waals surface area contributed by atoms with Crippen LogP contribution in [0.4, 0.5) is 0 Å². The van der Waals surface area contributed by atoms with Crippen LogP contribution in [0, 0.1) is 0 Å². The van der Waals surface area contributed by atoms with Gasteiger partial charge in [-0.05, 0) is 47.2 Å². The highest BCUT2D eigenvalue weighted by Gasteiger charge is 2.14. The molecule has 1 amide bonds. The molecule has 0 aliphatic rings. The molecule has 0 radical (unpaired) electrons. The molecule has 4 rings (SSSR count). The van der Waals surface area contributed by atoms with Crippen molar-refractivity contribution in [3.05, 3.63) is 137 Å². The molecule has 0 saturated heterocycles. The predicted molar refractivity (Wildman–Crippen MR) is 145 cm³/mol. The maximum atomic E-state index is 13.2. The lowest BCUT2D eigenvalue weighted by atomic mass is 10.1. The quantitative estimate of drug-likeness (QED) is 0.229. The van der Waals surface area contributed by atoms with Gasteiger partial charge in [0.15, 0.2) is 0 Å². The lowest BCUT2D eigenvalue weighted by molar-refractivity contribution is -0.131. The third-order valence-electron chi connectivity index (χ3n) is 6.04. The highest BCUT2D eigenvalue weighted by molar-refractivity contribution is 5.76. The number of carbonyl (C=O) groups excluding carboxylic acids is 1. The first-order valence-corrected chi connectivity index (χ1v) is 12.3. The minimum atomic E-state index is 0.199. The van der Waals surface area contributed by atoms with E-state index in [0.717, 1.165) is 36.1 Å². The van der Waals surface area contributed by atoms with Gasteiger partial charge in [0.2, 0.25) is 5.91 Å². The summed E-state index contributed by atoms with van der Waals surface area (Å²) in [4.78, 5) is 19.6. The first kappa shape index (κ1) is 24.2. The van der Waals surface area contributed by atoms with Gasteiger partial charge >= 0.3 is 0 Å². The van der Waals surface area contributed by atoms with Crippen LogP contribution in [0.5, 0.6) is 0 Å². The summed E-state index contributed by atoms with van der Waals surface area (Å²) in [5.74, 6) is 0.199. The van der Waals surface area contributed by atoms with Crippen LogP contribution in [-0.2, 0) is 24.2 Å². The molecule has 3 heteroatoms. The summed E-state index contributed by atoms with van der Waals surface area (Å²) in [5, 5.41) is 0. The number of aryl methyl sites for hydroxylation is 1. The van der Waals surface area contributed by atoms with E-state index >= 15 is 0 Å². The molecule has 3 aromatic carbocycles. The number of aromatic nitrogens is 1. The smallest absolute Gasteiger partial charge is 0.222 e. The van der Waals surface area contributed by atoms with E-state index in [1.165, 1.54) is 11.1 Å². The molecule has 35 heavy (non-hydrogen) atoms. The molecule has 0 aliphatic carbocycles. The monoisotopic (exact) mass is 460 g/mol. The van der Waals surface area contributed by atoms with Crippen molar-refractivity contribution in [2.45, 2.75) is 32.2 Å². The Hall–Kier alpha value is -3.98. The first-order valence-electron chi connectivity index (χ1n) is 12.3. The minimum Gasteiger partial charge on any atom is -0.338 e. The molecule has 4 aromatic rings. The second-order valence-corrected chi connectivity index (χ2v) is 8.71. The molecule has 176 valence electrons.